The molecule has 0 radical (unpaired) electrons. The molecule has 1 aliphatic rings. The van der Waals surface area contributed by atoms with Gasteiger partial charge in [0, 0.05) is 17.0 Å². The van der Waals surface area contributed by atoms with Crippen molar-refractivity contribution in [3.05, 3.63) is 52.1 Å². The van der Waals surface area contributed by atoms with Crippen LogP contribution in [0.15, 0.2) is 46.5 Å². The lowest BCUT2D eigenvalue weighted by atomic mass is 9.81. The van der Waals surface area contributed by atoms with Gasteiger partial charge in [-0.05, 0) is 31.6 Å². The van der Waals surface area contributed by atoms with Gasteiger partial charge in [-0.25, -0.2) is 0 Å². The number of rotatable bonds is 1. The molecule has 3 heteroatoms. The molecule has 90 valence electrons. The molecule has 0 spiro atoms. The fourth-order valence-electron chi connectivity index (χ4n) is 2.30. The average molecular weight is 251 g/mol. The largest absolute Gasteiger partial charge is 0.508 e. The lowest BCUT2D eigenvalue weighted by Gasteiger charge is -2.31. The summed E-state index contributed by atoms with van der Waals surface area (Å²) >= 11 is 6.11. The summed E-state index contributed by atoms with van der Waals surface area (Å²) in [5.74, 6) is 0.102. The number of allylic oxidation sites excluding steroid dienone is 2. The summed E-state index contributed by atoms with van der Waals surface area (Å²) in [6, 6.07) is 6.83. The molecule has 0 bridgehead atoms. The monoisotopic (exact) mass is 250 g/mol. The first-order chi connectivity index (χ1) is 7.94. The highest BCUT2D eigenvalue weighted by molar-refractivity contribution is 6.32. The third-order valence-electron chi connectivity index (χ3n) is 3.08. The number of benzene rings is 1. The van der Waals surface area contributed by atoms with Gasteiger partial charge in [-0.15, -0.1) is 0 Å². The van der Waals surface area contributed by atoms with E-state index in [1.54, 1.807) is 30.3 Å². The Kier molecular flexibility index (Phi) is 3.02. The first-order valence-corrected chi connectivity index (χ1v) is 5.88. The number of halogens is 1. The molecule has 0 aliphatic heterocycles. The van der Waals surface area contributed by atoms with Crippen LogP contribution in [0.4, 0.5) is 0 Å². The molecule has 0 heterocycles. The van der Waals surface area contributed by atoms with Crippen LogP contribution in [0.1, 0.15) is 25.8 Å². The highest BCUT2D eigenvalue weighted by Crippen LogP contribution is 2.42. The number of aliphatic hydroxyl groups is 1. The van der Waals surface area contributed by atoms with Gasteiger partial charge in [0.25, 0.3) is 0 Å². The molecule has 1 aromatic rings. The van der Waals surface area contributed by atoms with Crippen molar-refractivity contribution in [3.8, 4) is 5.75 Å². The van der Waals surface area contributed by atoms with Crippen LogP contribution in [0.2, 0.25) is 0 Å². The molecule has 0 saturated heterocycles. The Labute approximate surface area is 106 Å². The third-order valence-corrected chi connectivity index (χ3v) is 3.70. The first kappa shape index (κ1) is 12.2. The zero-order valence-corrected chi connectivity index (χ0v) is 10.6. The maximum atomic E-state index is 10.7. The molecule has 1 atom stereocenters. The van der Waals surface area contributed by atoms with E-state index in [-0.39, 0.29) is 5.75 Å². The molecule has 1 unspecified atom stereocenters. The summed E-state index contributed by atoms with van der Waals surface area (Å²) in [6.45, 7) is 3.75. The van der Waals surface area contributed by atoms with Gasteiger partial charge < -0.3 is 10.2 Å². The molecule has 0 saturated carbocycles. The molecular formula is C14H15ClO2. The number of hydrogen-bond acceptors (Lipinski definition) is 2. The van der Waals surface area contributed by atoms with Crippen LogP contribution in [-0.4, -0.2) is 10.2 Å². The van der Waals surface area contributed by atoms with Crippen LogP contribution in [0, 0.1) is 0 Å². The second kappa shape index (κ2) is 4.21. The highest BCUT2D eigenvalue weighted by Gasteiger charge is 2.33. The number of aromatic hydroxyl groups is 1. The van der Waals surface area contributed by atoms with Crippen LogP contribution in [0.25, 0.3) is 0 Å². The Bertz CT molecular complexity index is 517. The topological polar surface area (TPSA) is 40.5 Å². The minimum absolute atomic E-state index is 0.102. The van der Waals surface area contributed by atoms with E-state index in [2.05, 4.69) is 0 Å². The molecule has 0 aromatic heterocycles. The number of phenols is 1. The van der Waals surface area contributed by atoms with Crippen LogP contribution < -0.4 is 0 Å². The van der Waals surface area contributed by atoms with E-state index in [1.807, 2.05) is 13.8 Å². The van der Waals surface area contributed by atoms with Crippen LogP contribution in [0.3, 0.4) is 0 Å². The van der Waals surface area contributed by atoms with Crippen LogP contribution in [-0.2, 0) is 5.60 Å². The minimum Gasteiger partial charge on any atom is -0.508 e. The minimum atomic E-state index is -1.17. The molecule has 2 nitrogen and oxygen atoms in total. The van der Waals surface area contributed by atoms with Crippen molar-refractivity contribution < 1.29 is 10.2 Å². The smallest absolute Gasteiger partial charge is 0.122 e. The highest BCUT2D eigenvalue weighted by atomic mass is 35.5. The summed E-state index contributed by atoms with van der Waals surface area (Å²) < 4.78 is 0. The molecular weight excluding hydrogens is 236 g/mol. The van der Waals surface area contributed by atoms with E-state index < -0.39 is 5.60 Å². The zero-order valence-electron chi connectivity index (χ0n) is 9.87. The maximum absolute atomic E-state index is 10.7. The molecule has 0 amide bonds. The van der Waals surface area contributed by atoms with Crippen LogP contribution in [0.5, 0.6) is 5.75 Å². The van der Waals surface area contributed by atoms with Gasteiger partial charge in [-0.3, -0.25) is 0 Å². The predicted octanol–water partition coefficient (Wildman–Crippen LogP) is 3.44. The van der Waals surface area contributed by atoms with E-state index in [4.69, 9.17) is 11.6 Å². The van der Waals surface area contributed by atoms with Crippen molar-refractivity contribution in [3.63, 3.8) is 0 Å². The maximum Gasteiger partial charge on any atom is 0.122 e. The quantitative estimate of drug-likeness (QED) is 0.802. The lowest BCUT2D eigenvalue weighted by molar-refractivity contribution is 0.0844. The second-order valence-electron chi connectivity index (χ2n) is 4.54. The van der Waals surface area contributed by atoms with Gasteiger partial charge >= 0.3 is 0 Å². The van der Waals surface area contributed by atoms with E-state index in [0.717, 1.165) is 11.1 Å². The van der Waals surface area contributed by atoms with Crippen molar-refractivity contribution in [2.24, 2.45) is 0 Å². The first-order valence-electron chi connectivity index (χ1n) is 5.50. The second-order valence-corrected chi connectivity index (χ2v) is 4.92. The van der Waals surface area contributed by atoms with Crippen LogP contribution >= 0.6 is 11.6 Å². The average Bonchev–Trinajstić information content (AvgIpc) is 2.26. The summed E-state index contributed by atoms with van der Waals surface area (Å²) in [4.78, 5) is 0. The van der Waals surface area contributed by atoms with Crippen molar-refractivity contribution in [1.29, 1.82) is 0 Å². The standard InChI is InChI=1S/C14H15ClO2/c1-9-7-14(17,8-10(2)13(9)15)11-5-3-4-6-12(11)16/h3-7,16-17H,8H2,1-2H3. The van der Waals surface area contributed by atoms with Crippen molar-refractivity contribution in [1.82, 2.24) is 0 Å². The van der Waals surface area contributed by atoms with Crippen molar-refractivity contribution >= 4 is 11.6 Å². The Hall–Kier alpha value is -1.25. The SMILES string of the molecule is CC1=CC(O)(c2ccccc2O)CC(C)=C1Cl. The van der Waals surface area contributed by atoms with Gasteiger partial charge in [0.2, 0.25) is 0 Å². The van der Waals surface area contributed by atoms with Gasteiger partial charge in [0.05, 0.1) is 0 Å². The molecule has 1 aromatic carbocycles. The fraction of sp³-hybridized carbons (Fsp3) is 0.286. The molecule has 2 rings (SSSR count). The van der Waals surface area contributed by atoms with Gasteiger partial charge in [0.1, 0.15) is 11.4 Å². The molecule has 1 aliphatic carbocycles. The lowest BCUT2D eigenvalue weighted by Crippen LogP contribution is -2.26. The number of phenolic OH excluding ortho intramolecular Hbond substituents is 1. The van der Waals surface area contributed by atoms with Crippen molar-refractivity contribution in [2.75, 3.05) is 0 Å². The van der Waals surface area contributed by atoms with Crippen molar-refractivity contribution in [2.45, 2.75) is 25.9 Å². The van der Waals surface area contributed by atoms with E-state index in [0.29, 0.717) is 17.0 Å². The van der Waals surface area contributed by atoms with E-state index in [9.17, 15) is 10.2 Å². The number of hydrogen-bond donors (Lipinski definition) is 2. The fourth-order valence-corrected chi connectivity index (χ4v) is 2.43. The Balaban J connectivity index is 2.51. The predicted molar refractivity (Wildman–Crippen MR) is 68.9 cm³/mol. The van der Waals surface area contributed by atoms with E-state index >= 15 is 0 Å². The Morgan fingerprint density at radius 2 is 1.88 bits per heavy atom. The zero-order chi connectivity index (χ0) is 12.6. The van der Waals surface area contributed by atoms with Gasteiger partial charge in [-0.1, -0.05) is 35.4 Å². The summed E-state index contributed by atoms with van der Waals surface area (Å²) in [5.41, 5.74) is 1.11. The normalized spacial score (nSPS) is 24.8. The molecule has 2 N–H and O–H groups in total. The summed E-state index contributed by atoms with van der Waals surface area (Å²) in [6.07, 6.45) is 2.11. The Morgan fingerprint density at radius 1 is 1.24 bits per heavy atom. The van der Waals surface area contributed by atoms with Gasteiger partial charge in [-0.2, -0.15) is 0 Å². The third kappa shape index (κ3) is 2.11. The van der Waals surface area contributed by atoms with Gasteiger partial charge in [0.15, 0.2) is 0 Å². The summed E-state index contributed by atoms with van der Waals surface area (Å²) in [7, 11) is 0. The molecule has 0 fully saturated rings. The molecule has 17 heavy (non-hydrogen) atoms. The Morgan fingerprint density at radius 3 is 2.47 bits per heavy atom. The van der Waals surface area contributed by atoms with E-state index in [1.165, 1.54) is 0 Å². The number of para-hydroxylation sites is 1. The summed E-state index contributed by atoms with van der Waals surface area (Å²) in [5, 5.41) is 21.2.